The van der Waals surface area contributed by atoms with E-state index in [1.54, 1.807) is 25.5 Å². The molecule has 25 heavy (non-hydrogen) atoms. The number of carbonyl (C=O) groups excluding carboxylic acids is 1. The predicted molar refractivity (Wildman–Crippen MR) is 95.5 cm³/mol. The van der Waals surface area contributed by atoms with E-state index in [0.29, 0.717) is 24.5 Å². The number of halogens is 1. The molecular weight excluding hydrogens is 392 g/mol. The zero-order valence-corrected chi connectivity index (χ0v) is 16.4. The van der Waals surface area contributed by atoms with Gasteiger partial charge in [0, 0.05) is 6.54 Å². The number of aromatic nitrogens is 4. The van der Waals surface area contributed by atoms with Crippen LogP contribution in [-0.4, -0.2) is 36.9 Å². The topological polar surface area (TPSA) is 108 Å². The molecule has 0 radical (unpaired) electrons. The zero-order chi connectivity index (χ0) is 18.9. The molecule has 136 valence electrons. The molecule has 0 aromatic carbocycles. The van der Waals surface area contributed by atoms with Crippen LogP contribution in [-0.2, 0) is 11.3 Å². The molecule has 1 amide bonds. The monoisotopic (exact) mass is 412 g/mol. The summed E-state index contributed by atoms with van der Waals surface area (Å²) in [6.45, 7) is 9.47. The quantitative estimate of drug-likeness (QED) is 0.578. The molecule has 0 aliphatic heterocycles. The Morgan fingerprint density at radius 1 is 1.24 bits per heavy atom. The maximum atomic E-state index is 12.3. The molecule has 0 aliphatic carbocycles. The molecule has 1 atom stereocenters. The van der Waals surface area contributed by atoms with Crippen molar-refractivity contribution >= 4 is 27.5 Å². The second-order valence-corrected chi connectivity index (χ2v) is 6.69. The average molecular weight is 413 g/mol. The Kier molecular flexibility index (Phi) is 5.61. The van der Waals surface area contributed by atoms with Gasteiger partial charge >= 0.3 is 5.69 Å². The molecular formula is C15H21BrN6O3. The average Bonchev–Trinajstić information content (AvgIpc) is 2.97. The molecule has 0 bridgehead atoms. The van der Waals surface area contributed by atoms with Crippen LogP contribution < -0.4 is 5.32 Å². The van der Waals surface area contributed by atoms with Gasteiger partial charge in [0.05, 0.1) is 27.3 Å². The summed E-state index contributed by atoms with van der Waals surface area (Å²) in [5, 5.41) is 22.4. The highest BCUT2D eigenvalue weighted by molar-refractivity contribution is 9.10. The fraction of sp³-hybridized carbons (Fsp3) is 0.533. The molecule has 9 nitrogen and oxygen atoms in total. The van der Waals surface area contributed by atoms with Gasteiger partial charge in [-0.15, -0.1) is 0 Å². The van der Waals surface area contributed by atoms with E-state index in [1.165, 1.54) is 4.68 Å². The minimum Gasteiger partial charge on any atom is -0.352 e. The summed E-state index contributed by atoms with van der Waals surface area (Å²) in [6, 6.07) is -0.459. The first-order valence-electron chi connectivity index (χ1n) is 7.82. The maximum absolute atomic E-state index is 12.3. The van der Waals surface area contributed by atoms with Gasteiger partial charge in [-0.1, -0.05) is 0 Å². The number of carbonyl (C=O) groups is 1. The summed E-state index contributed by atoms with van der Waals surface area (Å²) in [7, 11) is 0. The third-order valence-electron chi connectivity index (χ3n) is 4.13. The van der Waals surface area contributed by atoms with E-state index in [9.17, 15) is 14.9 Å². The number of nitro groups is 1. The van der Waals surface area contributed by atoms with E-state index >= 15 is 0 Å². The Morgan fingerprint density at radius 3 is 2.36 bits per heavy atom. The fourth-order valence-electron chi connectivity index (χ4n) is 2.73. The van der Waals surface area contributed by atoms with Gasteiger partial charge in [0.2, 0.25) is 5.91 Å². The van der Waals surface area contributed by atoms with Crippen LogP contribution in [0.2, 0.25) is 0 Å². The van der Waals surface area contributed by atoms with Crippen molar-refractivity contribution in [3.63, 3.8) is 0 Å². The number of nitrogens with one attached hydrogen (secondary N) is 1. The van der Waals surface area contributed by atoms with E-state index in [0.717, 1.165) is 15.9 Å². The molecule has 2 rings (SSSR count). The Morgan fingerprint density at radius 2 is 1.88 bits per heavy atom. The lowest BCUT2D eigenvalue weighted by atomic mass is 10.3. The molecule has 10 heteroatoms. The summed E-state index contributed by atoms with van der Waals surface area (Å²) in [5.74, 6) is -0.172. The van der Waals surface area contributed by atoms with Gasteiger partial charge in [0.25, 0.3) is 0 Å². The van der Waals surface area contributed by atoms with Gasteiger partial charge in [0.1, 0.15) is 17.4 Å². The SMILES string of the molecule is Cc1nn(C(C)C(=O)NCCn2nc(C)c([N+](=O)[O-])c2C)c(C)c1Br. The minimum atomic E-state index is -0.459. The molecule has 2 aromatic rings. The summed E-state index contributed by atoms with van der Waals surface area (Å²) < 4.78 is 4.10. The molecule has 0 spiro atoms. The predicted octanol–water partition coefficient (Wildman–Crippen LogP) is 2.36. The van der Waals surface area contributed by atoms with E-state index in [-0.39, 0.29) is 11.6 Å². The number of nitrogens with zero attached hydrogens (tertiary/aromatic N) is 5. The molecule has 1 N–H and O–H groups in total. The van der Waals surface area contributed by atoms with E-state index in [4.69, 9.17) is 0 Å². The van der Waals surface area contributed by atoms with Crippen molar-refractivity contribution in [2.45, 2.75) is 47.2 Å². The first-order chi connectivity index (χ1) is 11.6. The molecule has 2 aromatic heterocycles. The zero-order valence-electron chi connectivity index (χ0n) is 14.8. The lowest BCUT2D eigenvalue weighted by Crippen LogP contribution is -2.34. The van der Waals surface area contributed by atoms with E-state index in [2.05, 4.69) is 31.4 Å². The Balaban J connectivity index is 2.00. The van der Waals surface area contributed by atoms with Crippen molar-refractivity contribution in [1.82, 2.24) is 24.9 Å². The number of rotatable bonds is 6. The molecule has 1 unspecified atom stereocenters. The standard InChI is InChI=1S/C15H21BrN6O3/c1-8-13(16)10(3)21(19-8)12(5)15(23)17-6-7-20-11(4)14(22(24)25)9(2)18-20/h12H,6-7H2,1-5H3,(H,17,23). The molecule has 0 fully saturated rings. The third-order valence-corrected chi connectivity index (χ3v) is 5.28. The Hall–Kier alpha value is -2.23. The smallest absolute Gasteiger partial charge is 0.312 e. The highest BCUT2D eigenvalue weighted by Crippen LogP contribution is 2.23. The van der Waals surface area contributed by atoms with Gasteiger partial charge in [-0.3, -0.25) is 24.3 Å². The Bertz CT molecular complexity index is 826. The van der Waals surface area contributed by atoms with Crippen LogP contribution in [0.3, 0.4) is 0 Å². The molecule has 0 saturated heterocycles. The van der Waals surface area contributed by atoms with Gasteiger partial charge in [-0.25, -0.2) is 0 Å². The normalized spacial score (nSPS) is 12.2. The lowest BCUT2D eigenvalue weighted by molar-refractivity contribution is -0.386. The summed E-state index contributed by atoms with van der Waals surface area (Å²) in [6.07, 6.45) is 0. The second-order valence-electron chi connectivity index (χ2n) is 5.90. The van der Waals surface area contributed by atoms with Gasteiger partial charge < -0.3 is 5.32 Å². The minimum absolute atomic E-state index is 0.0205. The van der Waals surface area contributed by atoms with E-state index in [1.807, 2.05) is 13.8 Å². The van der Waals surface area contributed by atoms with Crippen LogP contribution in [0.1, 0.15) is 35.7 Å². The molecule has 0 saturated carbocycles. The number of hydrogen-bond donors (Lipinski definition) is 1. The van der Waals surface area contributed by atoms with Gasteiger partial charge in [-0.05, 0) is 50.5 Å². The first-order valence-corrected chi connectivity index (χ1v) is 8.61. The largest absolute Gasteiger partial charge is 0.352 e. The van der Waals surface area contributed by atoms with Crippen molar-refractivity contribution in [2.75, 3.05) is 6.54 Å². The van der Waals surface area contributed by atoms with Crippen molar-refractivity contribution in [3.05, 3.63) is 37.4 Å². The summed E-state index contributed by atoms with van der Waals surface area (Å²) >= 11 is 3.45. The third kappa shape index (κ3) is 3.73. The van der Waals surface area contributed by atoms with Crippen molar-refractivity contribution in [2.24, 2.45) is 0 Å². The van der Waals surface area contributed by atoms with Crippen LogP contribution >= 0.6 is 15.9 Å². The van der Waals surface area contributed by atoms with Gasteiger partial charge in [-0.2, -0.15) is 10.2 Å². The van der Waals surface area contributed by atoms with Crippen molar-refractivity contribution in [3.8, 4) is 0 Å². The van der Waals surface area contributed by atoms with Crippen molar-refractivity contribution < 1.29 is 9.72 Å². The number of hydrogen-bond acceptors (Lipinski definition) is 5. The van der Waals surface area contributed by atoms with Crippen LogP contribution in [0, 0.1) is 37.8 Å². The molecule has 2 heterocycles. The van der Waals surface area contributed by atoms with Crippen LogP contribution in [0.5, 0.6) is 0 Å². The number of amides is 1. The highest BCUT2D eigenvalue weighted by Gasteiger charge is 2.22. The van der Waals surface area contributed by atoms with Crippen LogP contribution in [0.25, 0.3) is 0 Å². The highest BCUT2D eigenvalue weighted by atomic mass is 79.9. The van der Waals surface area contributed by atoms with Crippen molar-refractivity contribution in [1.29, 1.82) is 0 Å². The second kappa shape index (κ2) is 7.34. The molecule has 0 aliphatic rings. The Labute approximate surface area is 153 Å². The van der Waals surface area contributed by atoms with Crippen LogP contribution in [0.4, 0.5) is 5.69 Å². The van der Waals surface area contributed by atoms with Crippen LogP contribution in [0.15, 0.2) is 4.47 Å². The fourth-order valence-corrected chi connectivity index (χ4v) is 2.99. The maximum Gasteiger partial charge on any atom is 0.312 e. The summed E-state index contributed by atoms with van der Waals surface area (Å²) in [5.41, 5.74) is 2.58. The van der Waals surface area contributed by atoms with Gasteiger partial charge in [0.15, 0.2) is 0 Å². The number of aryl methyl sites for hydroxylation is 2. The lowest BCUT2D eigenvalue weighted by Gasteiger charge is -2.14. The first kappa shape index (κ1) is 19.1. The van der Waals surface area contributed by atoms with E-state index < -0.39 is 11.0 Å². The summed E-state index contributed by atoms with van der Waals surface area (Å²) in [4.78, 5) is 22.9.